The van der Waals surface area contributed by atoms with Crippen molar-refractivity contribution in [2.45, 2.75) is 26.3 Å². The standard InChI is InChI=1S/C8H20N2S/c1-3-8(7-11-4-2)10-6-5-9/h8,10H,3-7,9H2,1-2H3/t8-/m0/s1. The molecule has 0 heterocycles. The molecule has 0 aromatic rings. The molecule has 0 aromatic carbocycles. The van der Waals surface area contributed by atoms with Gasteiger partial charge in [-0.05, 0) is 12.2 Å². The van der Waals surface area contributed by atoms with Crippen LogP contribution in [0.2, 0.25) is 0 Å². The summed E-state index contributed by atoms with van der Waals surface area (Å²) in [6, 6.07) is 0.656. The third kappa shape index (κ3) is 6.66. The lowest BCUT2D eigenvalue weighted by molar-refractivity contribution is 0.548. The first-order valence-electron chi connectivity index (χ1n) is 4.36. The molecule has 1 atom stereocenters. The second kappa shape index (κ2) is 8.37. The van der Waals surface area contributed by atoms with E-state index in [1.807, 2.05) is 11.8 Å². The lowest BCUT2D eigenvalue weighted by Gasteiger charge is -2.14. The van der Waals surface area contributed by atoms with Crippen LogP contribution in [-0.2, 0) is 0 Å². The van der Waals surface area contributed by atoms with E-state index in [2.05, 4.69) is 19.2 Å². The molecule has 11 heavy (non-hydrogen) atoms. The summed E-state index contributed by atoms with van der Waals surface area (Å²) in [5.41, 5.74) is 5.39. The highest BCUT2D eigenvalue weighted by Crippen LogP contribution is 2.03. The number of rotatable bonds is 7. The van der Waals surface area contributed by atoms with Crippen LogP contribution in [-0.4, -0.2) is 30.6 Å². The molecule has 0 aliphatic heterocycles. The quantitative estimate of drug-likeness (QED) is 0.609. The monoisotopic (exact) mass is 176 g/mol. The molecule has 0 bridgehead atoms. The van der Waals surface area contributed by atoms with Gasteiger partial charge in [0.15, 0.2) is 0 Å². The van der Waals surface area contributed by atoms with Gasteiger partial charge in [-0.15, -0.1) is 0 Å². The number of hydrogen-bond acceptors (Lipinski definition) is 3. The van der Waals surface area contributed by atoms with E-state index in [1.54, 1.807) is 0 Å². The van der Waals surface area contributed by atoms with Crippen LogP contribution in [0.15, 0.2) is 0 Å². The summed E-state index contributed by atoms with van der Waals surface area (Å²) in [5.74, 6) is 2.42. The first-order valence-corrected chi connectivity index (χ1v) is 5.51. The molecule has 0 aliphatic carbocycles. The van der Waals surface area contributed by atoms with Crippen molar-refractivity contribution < 1.29 is 0 Å². The van der Waals surface area contributed by atoms with E-state index in [1.165, 1.54) is 17.9 Å². The van der Waals surface area contributed by atoms with Crippen molar-refractivity contribution >= 4 is 11.8 Å². The molecule has 0 fully saturated rings. The van der Waals surface area contributed by atoms with Crippen LogP contribution in [0.1, 0.15) is 20.3 Å². The molecule has 0 amide bonds. The van der Waals surface area contributed by atoms with E-state index in [0.29, 0.717) is 6.04 Å². The minimum atomic E-state index is 0.656. The van der Waals surface area contributed by atoms with Crippen molar-refractivity contribution in [3.05, 3.63) is 0 Å². The lowest BCUT2D eigenvalue weighted by atomic mass is 10.2. The van der Waals surface area contributed by atoms with Crippen molar-refractivity contribution in [3.63, 3.8) is 0 Å². The second-order valence-electron chi connectivity index (χ2n) is 2.51. The third-order valence-electron chi connectivity index (χ3n) is 1.59. The minimum Gasteiger partial charge on any atom is -0.329 e. The van der Waals surface area contributed by atoms with E-state index in [0.717, 1.165) is 13.1 Å². The van der Waals surface area contributed by atoms with Crippen molar-refractivity contribution in [1.82, 2.24) is 5.32 Å². The van der Waals surface area contributed by atoms with Crippen LogP contribution in [0.5, 0.6) is 0 Å². The van der Waals surface area contributed by atoms with Gasteiger partial charge in [0.2, 0.25) is 0 Å². The first kappa shape index (κ1) is 11.3. The maximum atomic E-state index is 5.39. The number of hydrogen-bond donors (Lipinski definition) is 2. The van der Waals surface area contributed by atoms with Gasteiger partial charge in [-0.3, -0.25) is 0 Å². The first-order chi connectivity index (χ1) is 5.35. The summed E-state index contributed by atoms with van der Waals surface area (Å²) in [6.07, 6.45) is 1.20. The Labute approximate surface area is 74.3 Å². The number of nitrogens with one attached hydrogen (secondary N) is 1. The Bertz CT molecular complexity index is 70.5. The van der Waals surface area contributed by atoms with Crippen LogP contribution < -0.4 is 11.1 Å². The van der Waals surface area contributed by atoms with Gasteiger partial charge in [0, 0.05) is 24.9 Å². The van der Waals surface area contributed by atoms with Gasteiger partial charge >= 0.3 is 0 Å². The summed E-state index contributed by atoms with van der Waals surface area (Å²) in [5, 5.41) is 3.41. The highest BCUT2D eigenvalue weighted by atomic mass is 32.2. The van der Waals surface area contributed by atoms with Gasteiger partial charge in [0.25, 0.3) is 0 Å². The predicted octanol–water partition coefficient (Wildman–Crippen LogP) is 1.07. The summed E-state index contributed by atoms with van der Waals surface area (Å²) in [6.45, 7) is 6.10. The summed E-state index contributed by atoms with van der Waals surface area (Å²) in [4.78, 5) is 0. The van der Waals surface area contributed by atoms with Gasteiger partial charge < -0.3 is 11.1 Å². The van der Waals surface area contributed by atoms with E-state index in [-0.39, 0.29) is 0 Å². The molecule has 2 nitrogen and oxygen atoms in total. The Hall–Kier alpha value is 0.270. The molecule has 3 heteroatoms. The van der Waals surface area contributed by atoms with E-state index in [4.69, 9.17) is 5.73 Å². The zero-order chi connectivity index (χ0) is 8.53. The fraction of sp³-hybridized carbons (Fsp3) is 1.00. The smallest absolute Gasteiger partial charge is 0.0156 e. The molecule has 0 unspecified atom stereocenters. The van der Waals surface area contributed by atoms with Crippen molar-refractivity contribution in [2.75, 3.05) is 24.6 Å². The molecule has 0 saturated carbocycles. The number of thioether (sulfide) groups is 1. The molecule has 0 aliphatic rings. The van der Waals surface area contributed by atoms with Crippen molar-refractivity contribution in [1.29, 1.82) is 0 Å². The van der Waals surface area contributed by atoms with Gasteiger partial charge in [-0.1, -0.05) is 13.8 Å². The molecular formula is C8H20N2S. The molecule has 0 saturated heterocycles. The molecule has 0 aromatic heterocycles. The maximum Gasteiger partial charge on any atom is 0.0156 e. The van der Waals surface area contributed by atoms with Gasteiger partial charge in [-0.25, -0.2) is 0 Å². The van der Waals surface area contributed by atoms with E-state index < -0.39 is 0 Å². The lowest BCUT2D eigenvalue weighted by Crippen LogP contribution is -2.34. The Morgan fingerprint density at radius 1 is 1.45 bits per heavy atom. The maximum absolute atomic E-state index is 5.39. The van der Waals surface area contributed by atoms with Crippen LogP contribution in [0.25, 0.3) is 0 Å². The Morgan fingerprint density at radius 2 is 2.18 bits per heavy atom. The fourth-order valence-corrected chi connectivity index (χ4v) is 1.74. The molecule has 0 rings (SSSR count). The predicted molar refractivity (Wildman–Crippen MR) is 54.1 cm³/mol. The van der Waals surface area contributed by atoms with E-state index >= 15 is 0 Å². The number of nitrogens with two attached hydrogens (primary N) is 1. The summed E-state index contributed by atoms with van der Waals surface area (Å²) < 4.78 is 0. The largest absolute Gasteiger partial charge is 0.329 e. The zero-order valence-electron chi connectivity index (χ0n) is 7.60. The molecule has 3 N–H and O–H groups in total. The average Bonchev–Trinajstić information content (AvgIpc) is 2.05. The Balaban J connectivity index is 3.25. The Kier molecular flexibility index (Phi) is 8.57. The minimum absolute atomic E-state index is 0.656. The SMILES string of the molecule is CCSC[C@H](CC)NCCN. The topological polar surface area (TPSA) is 38.0 Å². The Morgan fingerprint density at radius 3 is 2.64 bits per heavy atom. The summed E-state index contributed by atoms with van der Waals surface area (Å²) in [7, 11) is 0. The van der Waals surface area contributed by atoms with E-state index in [9.17, 15) is 0 Å². The van der Waals surface area contributed by atoms with Gasteiger partial charge in [0.05, 0.1) is 0 Å². The molecule has 0 spiro atoms. The second-order valence-corrected chi connectivity index (χ2v) is 3.83. The van der Waals surface area contributed by atoms with Gasteiger partial charge in [-0.2, -0.15) is 11.8 Å². The van der Waals surface area contributed by atoms with Crippen LogP contribution in [0.3, 0.4) is 0 Å². The average molecular weight is 176 g/mol. The molecule has 0 radical (unpaired) electrons. The van der Waals surface area contributed by atoms with Crippen molar-refractivity contribution in [2.24, 2.45) is 5.73 Å². The molecule has 68 valence electrons. The van der Waals surface area contributed by atoms with Crippen LogP contribution in [0.4, 0.5) is 0 Å². The highest BCUT2D eigenvalue weighted by Gasteiger charge is 2.02. The normalized spacial score (nSPS) is 13.4. The third-order valence-corrected chi connectivity index (χ3v) is 2.64. The fourth-order valence-electron chi connectivity index (χ4n) is 0.869. The van der Waals surface area contributed by atoms with Crippen molar-refractivity contribution in [3.8, 4) is 0 Å². The summed E-state index contributed by atoms with van der Waals surface area (Å²) >= 11 is 1.99. The zero-order valence-corrected chi connectivity index (χ0v) is 8.41. The molecular weight excluding hydrogens is 156 g/mol. The van der Waals surface area contributed by atoms with Gasteiger partial charge in [0.1, 0.15) is 0 Å². The highest BCUT2D eigenvalue weighted by molar-refractivity contribution is 7.99. The van der Waals surface area contributed by atoms with Crippen LogP contribution >= 0.6 is 11.8 Å². The van der Waals surface area contributed by atoms with Crippen LogP contribution in [0, 0.1) is 0 Å².